The highest BCUT2D eigenvalue weighted by atomic mass is 16.5. The molecule has 0 aliphatic heterocycles. The Morgan fingerprint density at radius 2 is 1.75 bits per heavy atom. The summed E-state index contributed by atoms with van der Waals surface area (Å²) in [7, 11) is 0. The lowest BCUT2D eigenvalue weighted by atomic mass is 10.1. The molecule has 0 unspecified atom stereocenters. The van der Waals surface area contributed by atoms with Crippen molar-refractivity contribution >= 4 is 5.91 Å². The number of carbonyl (C=O) groups is 1. The number of rotatable bonds is 5. The minimum Gasteiger partial charge on any atom is -0.491 e. The van der Waals surface area contributed by atoms with Crippen molar-refractivity contribution in [2.45, 2.75) is 13.8 Å². The number of amides is 1. The van der Waals surface area contributed by atoms with Crippen LogP contribution in [-0.2, 0) is 0 Å². The third-order valence-electron chi connectivity index (χ3n) is 3.05. The van der Waals surface area contributed by atoms with Gasteiger partial charge in [-0.2, -0.15) is 0 Å². The standard InChI is InChI=1S/C17H19NO2/c1-13-7-9-15(10-8-13)17(19)18-11-12-20-16-6-4-3-5-14(16)2/h3-10H,11-12H2,1-2H3,(H,18,19). The van der Waals surface area contributed by atoms with E-state index in [-0.39, 0.29) is 5.91 Å². The lowest BCUT2D eigenvalue weighted by molar-refractivity contribution is 0.0947. The Labute approximate surface area is 119 Å². The second-order valence-corrected chi connectivity index (χ2v) is 4.74. The number of ether oxygens (including phenoxy) is 1. The minimum absolute atomic E-state index is 0.0709. The summed E-state index contributed by atoms with van der Waals surface area (Å²) in [5.41, 5.74) is 2.91. The molecule has 1 amide bonds. The smallest absolute Gasteiger partial charge is 0.251 e. The summed E-state index contributed by atoms with van der Waals surface area (Å²) in [4.78, 5) is 11.9. The van der Waals surface area contributed by atoms with Crippen LogP contribution in [0.15, 0.2) is 48.5 Å². The SMILES string of the molecule is Cc1ccc(C(=O)NCCOc2ccccc2C)cc1. The number of hydrogen-bond donors (Lipinski definition) is 1. The monoisotopic (exact) mass is 269 g/mol. The van der Waals surface area contributed by atoms with Crippen LogP contribution < -0.4 is 10.1 Å². The van der Waals surface area contributed by atoms with Gasteiger partial charge in [-0.3, -0.25) is 4.79 Å². The summed E-state index contributed by atoms with van der Waals surface area (Å²) in [6, 6.07) is 15.4. The summed E-state index contributed by atoms with van der Waals surface area (Å²) in [6.45, 7) is 4.95. The highest BCUT2D eigenvalue weighted by molar-refractivity contribution is 5.94. The molecule has 20 heavy (non-hydrogen) atoms. The second-order valence-electron chi connectivity index (χ2n) is 4.74. The largest absolute Gasteiger partial charge is 0.491 e. The van der Waals surface area contributed by atoms with Gasteiger partial charge in [0.05, 0.1) is 6.54 Å². The van der Waals surface area contributed by atoms with Gasteiger partial charge >= 0.3 is 0 Å². The molecule has 0 saturated heterocycles. The van der Waals surface area contributed by atoms with Crippen LogP contribution in [0.5, 0.6) is 5.75 Å². The molecule has 2 rings (SSSR count). The molecule has 2 aromatic carbocycles. The molecular weight excluding hydrogens is 250 g/mol. The molecule has 0 bridgehead atoms. The molecular formula is C17H19NO2. The Bertz CT molecular complexity index is 576. The summed E-state index contributed by atoms with van der Waals surface area (Å²) in [5, 5.41) is 2.84. The molecule has 0 aliphatic rings. The maximum absolute atomic E-state index is 11.9. The van der Waals surface area contributed by atoms with E-state index in [2.05, 4.69) is 5.32 Å². The van der Waals surface area contributed by atoms with Crippen molar-refractivity contribution in [2.24, 2.45) is 0 Å². The minimum atomic E-state index is -0.0709. The Morgan fingerprint density at radius 1 is 1.05 bits per heavy atom. The fraction of sp³-hybridized carbons (Fsp3) is 0.235. The third-order valence-corrected chi connectivity index (χ3v) is 3.05. The van der Waals surface area contributed by atoms with E-state index in [0.717, 1.165) is 16.9 Å². The van der Waals surface area contributed by atoms with Gasteiger partial charge in [0.1, 0.15) is 12.4 Å². The topological polar surface area (TPSA) is 38.3 Å². The van der Waals surface area contributed by atoms with Crippen LogP contribution in [0.1, 0.15) is 21.5 Å². The Kier molecular flexibility index (Phi) is 4.77. The van der Waals surface area contributed by atoms with E-state index >= 15 is 0 Å². The highest BCUT2D eigenvalue weighted by Gasteiger charge is 2.04. The summed E-state index contributed by atoms with van der Waals surface area (Å²) >= 11 is 0. The average Bonchev–Trinajstić information content (AvgIpc) is 2.46. The third kappa shape index (κ3) is 3.85. The average molecular weight is 269 g/mol. The van der Waals surface area contributed by atoms with Gasteiger partial charge in [-0.05, 0) is 37.6 Å². The van der Waals surface area contributed by atoms with Crippen LogP contribution in [0.3, 0.4) is 0 Å². The first-order valence-corrected chi connectivity index (χ1v) is 6.70. The summed E-state index contributed by atoms with van der Waals surface area (Å²) in [6.07, 6.45) is 0. The van der Waals surface area contributed by atoms with Crippen LogP contribution >= 0.6 is 0 Å². The van der Waals surface area contributed by atoms with Crippen molar-refractivity contribution in [1.29, 1.82) is 0 Å². The van der Waals surface area contributed by atoms with Gasteiger partial charge in [0, 0.05) is 5.56 Å². The van der Waals surface area contributed by atoms with Crippen LogP contribution in [0.4, 0.5) is 0 Å². The molecule has 3 heteroatoms. The van der Waals surface area contributed by atoms with Gasteiger partial charge in [0.25, 0.3) is 5.91 Å². The summed E-state index contributed by atoms with van der Waals surface area (Å²) in [5.74, 6) is 0.787. The zero-order chi connectivity index (χ0) is 14.4. The van der Waals surface area contributed by atoms with Gasteiger partial charge in [-0.15, -0.1) is 0 Å². The van der Waals surface area contributed by atoms with Gasteiger partial charge in [-0.1, -0.05) is 35.9 Å². The zero-order valence-electron chi connectivity index (χ0n) is 11.8. The fourth-order valence-corrected chi connectivity index (χ4v) is 1.85. The lowest BCUT2D eigenvalue weighted by Crippen LogP contribution is -2.28. The number of benzene rings is 2. The van der Waals surface area contributed by atoms with Crippen molar-refractivity contribution in [3.8, 4) is 5.75 Å². The molecule has 0 fully saturated rings. The number of aryl methyl sites for hydroxylation is 2. The normalized spacial score (nSPS) is 10.1. The molecule has 0 aliphatic carbocycles. The highest BCUT2D eigenvalue weighted by Crippen LogP contribution is 2.15. The molecule has 1 N–H and O–H groups in total. The number of nitrogens with one attached hydrogen (secondary N) is 1. The van der Waals surface area contributed by atoms with E-state index < -0.39 is 0 Å². The number of para-hydroxylation sites is 1. The molecule has 2 aromatic rings. The number of carbonyl (C=O) groups excluding carboxylic acids is 1. The van der Waals surface area contributed by atoms with Gasteiger partial charge in [0.2, 0.25) is 0 Å². The van der Waals surface area contributed by atoms with Gasteiger partial charge in [-0.25, -0.2) is 0 Å². The Balaban J connectivity index is 1.77. The predicted octanol–water partition coefficient (Wildman–Crippen LogP) is 3.11. The molecule has 0 heterocycles. The molecule has 3 nitrogen and oxygen atoms in total. The molecule has 0 aromatic heterocycles. The first kappa shape index (κ1) is 14.1. The van der Waals surface area contributed by atoms with E-state index in [1.807, 2.05) is 62.4 Å². The van der Waals surface area contributed by atoms with Crippen molar-refractivity contribution in [3.63, 3.8) is 0 Å². The molecule has 0 atom stereocenters. The molecule has 0 radical (unpaired) electrons. The van der Waals surface area contributed by atoms with Crippen LogP contribution in [0, 0.1) is 13.8 Å². The van der Waals surface area contributed by atoms with Gasteiger partial charge < -0.3 is 10.1 Å². The van der Waals surface area contributed by atoms with Crippen molar-refractivity contribution in [1.82, 2.24) is 5.32 Å². The van der Waals surface area contributed by atoms with E-state index in [4.69, 9.17) is 4.74 Å². The maximum atomic E-state index is 11.9. The van der Waals surface area contributed by atoms with Gasteiger partial charge in [0.15, 0.2) is 0 Å². The molecule has 0 spiro atoms. The quantitative estimate of drug-likeness (QED) is 0.847. The van der Waals surface area contributed by atoms with Crippen LogP contribution in [0.25, 0.3) is 0 Å². The van der Waals surface area contributed by atoms with Crippen LogP contribution in [0.2, 0.25) is 0 Å². The fourth-order valence-electron chi connectivity index (χ4n) is 1.85. The number of hydrogen-bond acceptors (Lipinski definition) is 2. The Morgan fingerprint density at radius 3 is 2.45 bits per heavy atom. The van der Waals surface area contributed by atoms with E-state index in [1.54, 1.807) is 0 Å². The van der Waals surface area contributed by atoms with Crippen molar-refractivity contribution in [2.75, 3.05) is 13.2 Å². The van der Waals surface area contributed by atoms with Crippen molar-refractivity contribution in [3.05, 3.63) is 65.2 Å². The Hall–Kier alpha value is -2.29. The predicted molar refractivity (Wildman–Crippen MR) is 80.2 cm³/mol. The zero-order valence-corrected chi connectivity index (χ0v) is 11.8. The second kappa shape index (κ2) is 6.75. The van der Waals surface area contributed by atoms with Crippen molar-refractivity contribution < 1.29 is 9.53 Å². The van der Waals surface area contributed by atoms with E-state index in [1.165, 1.54) is 0 Å². The first-order chi connectivity index (χ1) is 9.66. The first-order valence-electron chi connectivity index (χ1n) is 6.70. The molecule has 0 saturated carbocycles. The van der Waals surface area contributed by atoms with E-state index in [0.29, 0.717) is 18.7 Å². The lowest BCUT2D eigenvalue weighted by Gasteiger charge is -2.09. The van der Waals surface area contributed by atoms with E-state index in [9.17, 15) is 4.79 Å². The summed E-state index contributed by atoms with van der Waals surface area (Å²) < 4.78 is 5.63. The van der Waals surface area contributed by atoms with Crippen LogP contribution in [-0.4, -0.2) is 19.1 Å². The molecule has 104 valence electrons. The maximum Gasteiger partial charge on any atom is 0.251 e.